The number of nitrogens with zero attached hydrogens (tertiary/aromatic N) is 3. The second kappa shape index (κ2) is 8.84. The van der Waals surface area contributed by atoms with Crippen LogP contribution in [0.2, 0.25) is 0 Å². The van der Waals surface area contributed by atoms with Gasteiger partial charge >= 0.3 is 5.97 Å². The van der Waals surface area contributed by atoms with Crippen LogP contribution in [0.5, 0.6) is 0 Å². The van der Waals surface area contributed by atoms with Gasteiger partial charge < -0.3 is 4.74 Å². The van der Waals surface area contributed by atoms with Crippen LogP contribution in [0.15, 0.2) is 65.3 Å². The average Bonchev–Trinajstić information content (AvgIpc) is 2.63. The van der Waals surface area contributed by atoms with Crippen molar-refractivity contribution in [3.05, 3.63) is 81.7 Å². The molecule has 0 aliphatic carbocycles. The molecular weight excluding hydrogens is 302 g/mol. The molecule has 2 aromatic rings. The van der Waals surface area contributed by atoms with Crippen LogP contribution in [0.4, 0.5) is 5.69 Å². The number of carbonyl (C=O) groups excluding carboxylic acids is 1. The molecule has 24 heavy (non-hydrogen) atoms. The summed E-state index contributed by atoms with van der Waals surface area (Å²) < 4.78 is 4.81. The lowest BCUT2D eigenvalue weighted by Gasteiger charge is -2.04. The van der Waals surface area contributed by atoms with Crippen molar-refractivity contribution >= 4 is 17.7 Å². The molecule has 0 radical (unpaired) electrons. The van der Waals surface area contributed by atoms with Crippen molar-refractivity contribution in [2.24, 2.45) is 5.11 Å². The van der Waals surface area contributed by atoms with Gasteiger partial charge in [0.05, 0.1) is 7.11 Å². The molecule has 0 saturated carbocycles. The van der Waals surface area contributed by atoms with Gasteiger partial charge in [-0.25, -0.2) is 4.79 Å². The third-order valence-corrected chi connectivity index (χ3v) is 3.15. The molecule has 118 valence electrons. The van der Waals surface area contributed by atoms with E-state index in [-0.39, 0.29) is 6.42 Å². The van der Waals surface area contributed by atoms with E-state index in [0.717, 1.165) is 5.56 Å². The molecule has 2 rings (SSSR count). The zero-order chi connectivity index (χ0) is 17.2. The second-order valence-corrected chi connectivity index (χ2v) is 4.75. The number of rotatable bonds is 4. The molecule has 0 heterocycles. The summed E-state index contributed by atoms with van der Waals surface area (Å²) in [5, 5.41) is 3.62. The first-order chi connectivity index (χ1) is 11.7. The average molecular weight is 317 g/mol. The van der Waals surface area contributed by atoms with E-state index in [1.165, 1.54) is 7.11 Å². The van der Waals surface area contributed by atoms with Gasteiger partial charge in [0, 0.05) is 28.2 Å². The maximum absolute atomic E-state index is 12.0. The smallest absolute Gasteiger partial charge is 0.334 e. The van der Waals surface area contributed by atoms with Crippen LogP contribution in [0, 0.1) is 11.8 Å². The van der Waals surface area contributed by atoms with Crippen LogP contribution in [0.25, 0.3) is 16.5 Å². The minimum atomic E-state index is -0.465. The van der Waals surface area contributed by atoms with Crippen molar-refractivity contribution in [2.75, 3.05) is 7.11 Å². The molecular formula is C19H15N3O2. The monoisotopic (exact) mass is 317 g/mol. The third-order valence-electron chi connectivity index (χ3n) is 3.15. The molecule has 0 spiro atoms. The van der Waals surface area contributed by atoms with E-state index in [9.17, 15) is 4.79 Å². The lowest BCUT2D eigenvalue weighted by Crippen LogP contribution is -2.04. The normalized spacial score (nSPS) is 10.1. The Balaban J connectivity index is 2.31. The summed E-state index contributed by atoms with van der Waals surface area (Å²) in [6.45, 7) is 0. The van der Waals surface area contributed by atoms with Gasteiger partial charge in [0.1, 0.15) is 0 Å². The molecule has 0 amide bonds. The van der Waals surface area contributed by atoms with Gasteiger partial charge in [0.15, 0.2) is 0 Å². The summed E-state index contributed by atoms with van der Waals surface area (Å²) in [6.07, 6.45) is 1.86. The minimum absolute atomic E-state index is 0.228. The molecule has 5 nitrogen and oxygen atoms in total. The quantitative estimate of drug-likeness (QED) is 0.206. The van der Waals surface area contributed by atoms with E-state index in [1.54, 1.807) is 30.3 Å². The molecule has 0 bridgehead atoms. The van der Waals surface area contributed by atoms with Crippen molar-refractivity contribution < 1.29 is 9.53 Å². The highest BCUT2D eigenvalue weighted by atomic mass is 16.5. The Kier molecular flexibility index (Phi) is 6.22. The largest absolute Gasteiger partial charge is 0.466 e. The number of carbonyl (C=O) groups is 1. The first kappa shape index (κ1) is 16.9. The van der Waals surface area contributed by atoms with E-state index < -0.39 is 5.97 Å². The molecule has 0 aromatic heterocycles. The first-order valence-corrected chi connectivity index (χ1v) is 7.21. The van der Waals surface area contributed by atoms with Crippen molar-refractivity contribution in [3.8, 4) is 11.8 Å². The van der Waals surface area contributed by atoms with Gasteiger partial charge in [0.25, 0.3) is 0 Å². The van der Waals surface area contributed by atoms with Crippen LogP contribution < -0.4 is 0 Å². The van der Waals surface area contributed by atoms with Gasteiger partial charge in [-0.3, -0.25) is 0 Å². The standard InChI is InChI=1S/C19H15N3O2/c1-24-19(23)17(12-7-10-15-8-3-2-4-9-15)14-16-11-5-6-13-18(16)21-22-20/h2-6,8-9,11,13-14H,12H2,1H3/b17-14+. The van der Waals surface area contributed by atoms with E-state index in [2.05, 4.69) is 21.9 Å². The Morgan fingerprint density at radius 2 is 1.92 bits per heavy atom. The fraction of sp³-hybridized carbons (Fsp3) is 0.105. The Bertz CT molecular complexity index is 855. The van der Waals surface area contributed by atoms with Crippen LogP contribution >= 0.6 is 0 Å². The predicted molar refractivity (Wildman–Crippen MR) is 93.2 cm³/mol. The summed E-state index contributed by atoms with van der Waals surface area (Å²) >= 11 is 0. The number of benzene rings is 2. The maximum Gasteiger partial charge on any atom is 0.334 e. The lowest BCUT2D eigenvalue weighted by molar-refractivity contribution is -0.136. The second-order valence-electron chi connectivity index (χ2n) is 4.75. The van der Waals surface area contributed by atoms with Gasteiger partial charge in [-0.2, -0.15) is 0 Å². The fourth-order valence-corrected chi connectivity index (χ4v) is 2.01. The van der Waals surface area contributed by atoms with Gasteiger partial charge in [-0.15, -0.1) is 0 Å². The number of hydrogen-bond donors (Lipinski definition) is 0. The number of esters is 1. The third kappa shape index (κ3) is 4.77. The van der Waals surface area contributed by atoms with E-state index in [0.29, 0.717) is 16.8 Å². The Morgan fingerprint density at radius 1 is 1.21 bits per heavy atom. The van der Waals surface area contributed by atoms with Crippen LogP contribution in [-0.4, -0.2) is 13.1 Å². The zero-order valence-electron chi connectivity index (χ0n) is 13.1. The number of ether oxygens (including phenoxy) is 1. The summed E-state index contributed by atoms with van der Waals surface area (Å²) in [5.41, 5.74) is 11.0. The van der Waals surface area contributed by atoms with Crippen molar-refractivity contribution in [2.45, 2.75) is 6.42 Å². The van der Waals surface area contributed by atoms with E-state index in [4.69, 9.17) is 10.3 Å². The van der Waals surface area contributed by atoms with Crippen molar-refractivity contribution in [1.29, 1.82) is 0 Å². The molecule has 0 fully saturated rings. The molecule has 0 saturated heterocycles. The highest BCUT2D eigenvalue weighted by Crippen LogP contribution is 2.22. The highest BCUT2D eigenvalue weighted by Gasteiger charge is 2.09. The highest BCUT2D eigenvalue weighted by molar-refractivity contribution is 5.95. The Morgan fingerprint density at radius 3 is 2.62 bits per heavy atom. The fourth-order valence-electron chi connectivity index (χ4n) is 2.01. The Hall–Kier alpha value is -3.48. The molecule has 0 aliphatic rings. The van der Waals surface area contributed by atoms with Gasteiger partial charge in [-0.1, -0.05) is 59.4 Å². The summed E-state index contributed by atoms with van der Waals surface area (Å²) in [4.78, 5) is 14.8. The predicted octanol–water partition coefficient (Wildman–Crippen LogP) is 4.63. The number of methoxy groups -OCH3 is 1. The van der Waals surface area contributed by atoms with E-state index >= 15 is 0 Å². The van der Waals surface area contributed by atoms with Crippen LogP contribution in [0.1, 0.15) is 17.5 Å². The lowest BCUT2D eigenvalue weighted by atomic mass is 10.1. The van der Waals surface area contributed by atoms with Crippen molar-refractivity contribution in [3.63, 3.8) is 0 Å². The van der Waals surface area contributed by atoms with Crippen LogP contribution in [0.3, 0.4) is 0 Å². The Labute approximate surface area is 140 Å². The molecule has 0 aliphatic heterocycles. The summed E-state index contributed by atoms with van der Waals surface area (Å²) in [6, 6.07) is 16.5. The number of azide groups is 1. The first-order valence-electron chi connectivity index (χ1n) is 7.21. The van der Waals surface area contributed by atoms with Crippen LogP contribution in [-0.2, 0) is 9.53 Å². The molecule has 0 atom stereocenters. The molecule has 0 N–H and O–H groups in total. The van der Waals surface area contributed by atoms with Gasteiger partial charge in [-0.05, 0) is 29.3 Å². The van der Waals surface area contributed by atoms with E-state index in [1.807, 2.05) is 30.3 Å². The zero-order valence-corrected chi connectivity index (χ0v) is 13.1. The summed E-state index contributed by atoms with van der Waals surface area (Å²) in [5.74, 6) is 5.50. The molecule has 2 aromatic carbocycles. The minimum Gasteiger partial charge on any atom is -0.466 e. The number of hydrogen-bond acceptors (Lipinski definition) is 3. The SMILES string of the molecule is COC(=O)/C(=C/c1ccccc1N=[N+]=[N-])CC#Cc1ccccc1. The van der Waals surface area contributed by atoms with Gasteiger partial charge in [0.2, 0.25) is 0 Å². The van der Waals surface area contributed by atoms with Crippen molar-refractivity contribution in [1.82, 2.24) is 0 Å². The molecule has 0 unspecified atom stereocenters. The summed E-state index contributed by atoms with van der Waals surface area (Å²) in [7, 11) is 1.32. The maximum atomic E-state index is 12.0. The molecule has 5 heteroatoms. The topological polar surface area (TPSA) is 75.1 Å².